The molecule has 0 heterocycles. The van der Waals surface area contributed by atoms with Gasteiger partial charge in [-0.3, -0.25) is 0 Å². The van der Waals surface area contributed by atoms with Crippen LogP contribution in [0.2, 0.25) is 0 Å². The van der Waals surface area contributed by atoms with Crippen molar-refractivity contribution in [1.29, 1.82) is 0 Å². The lowest BCUT2D eigenvalue weighted by atomic mass is 9.95. The number of rotatable bonds is 6. The highest BCUT2D eigenvalue weighted by atomic mass is 19.4. The molecule has 0 amide bonds. The van der Waals surface area contributed by atoms with Gasteiger partial charge in [-0.2, -0.15) is 13.2 Å². The summed E-state index contributed by atoms with van der Waals surface area (Å²) in [6, 6.07) is 13.9. The fourth-order valence-corrected chi connectivity index (χ4v) is 3.41. The highest BCUT2D eigenvalue weighted by molar-refractivity contribution is 5.43. The van der Waals surface area contributed by atoms with E-state index in [-0.39, 0.29) is 12.4 Å². The molecule has 0 aromatic heterocycles. The lowest BCUT2D eigenvalue weighted by molar-refractivity contribution is -0.139. The molecule has 2 nitrogen and oxygen atoms in total. The van der Waals surface area contributed by atoms with Crippen LogP contribution in [0.3, 0.4) is 0 Å². The standard InChI is InChI=1S/C21H24F3NO/c22-21(23,24)19-13-7-10-17(14-25-18-11-5-2-6-12-18)20(19)26-15-16-8-3-1-4-9-16/h1,3-4,7-10,13,18,25H,2,5-6,11-12,14-15H2. The maximum Gasteiger partial charge on any atom is 0.419 e. The zero-order valence-electron chi connectivity index (χ0n) is 14.7. The normalized spacial score (nSPS) is 15.8. The second kappa shape index (κ2) is 8.58. The quantitative estimate of drug-likeness (QED) is 0.710. The van der Waals surface area contributed by atoms with Crippen LogP contribution < -0.4 is 10.1 Å². The van der Waals surface area contributed by atoms with E-state index in [1.165, 1.54) is 25.3 Å². The van der Waals surface area contributed by atoms with Crippen LogP contribution >= 0.6 is 0 Å². The molecule has 3 rings (SSSR count). The van der Waals surface area contributed by atoms with Crippen LogP contribution in [-0.4, -0.2) is 6.04 Å². The lowest BCUT2D eigenvalue weighted by Gasteiger charge is -2.24. The lowest BCUT2D eigenvalue weighted by Crippen LogP contribution is -2.30. The Morgan fingerprint density at radius 1 is 0.923 bits per heavy atom. The van der Waals surface area contributed by atoms with Crippen molar-refractivity contribution in [3.63, 3.8) is 0 Å². The fourth-order valence-electron chi connectivity index (χ4n) is 3.41. The Bertz CT molecular complexity index is 694. The Morgan fingerprint density at radius 3 is 2.35 bits per heavy atom. The van der Waals surface area contributed by atoms with Gasteiger partial charge in [0.05, 0.1) is 5.56 Å². The number of alkyl halides is 3. The minimum absolute atomic E-state index is 0.0628. The number of nitrogens with one attached hydrogen (secondary N) is 1. The van der Waals surface area contributed by atoms with E-state index in [1.807, 2.05) is 30.3 Å². The summed E-state index contributed by atoms with van der Waals surface area (Å²) in [4.78, 5) is 0. The van der Waals surface area contributed by atoms with Gasteiger partial charge in [0.15, 0.2) is 0 Å². The SMILES string of the molecule is FC(F)(F)c1cccc(CNC2CCCCC2)c1OCc1ccccc1. The molecule has 5 heteroatoms. The predicted octanol–water partition coefficient (Wildman–Crippen LogP) is 5.71. The average molecular weight is 363 g/mol. The van der Waals surface area contributed by atoms with Gasteiger partial charge in [-0.15, -0.1) is 0 Å². The van der Waals surface area contributed by atoms with Crippen molar-refractivity contribution >= 4 is 0 Å². The highest BCUT2D eigenvalue weighted by Crippen LogP contribution is 2.38. The van der Waals surface area contributed by atoms with Gasteiger partial charge in [0.25, 0.3) is 0 Å². The van der Waals surface area contributed by atoms with Crippen molar-refractivity contribution < 1.29 is 17.9 Å². The van der Waals surface area contributed by atoms with Crippen LogP contribution in [0.5, 0.6) is 5.75 Å². The Morgan fingerprint density at radius 2 is 1.65 bits per heavy atom. The van der Waals surface area contributed by atoms with Crippen LogP contribution in [0.25, 0.3) is 0 Å². The monoisotopic (exact) mass is 363 g/mol. The van der Waals surface area contributed by atoms with Crippen LogP contribution in [0.1, 0.15) is 48.8 Å². The first-order valence-corrected chi connectivity index (χ1v) is 9.13. The summed E-state index contributed by atoms with van der Waals surface area (Å²) in [5.74, 6) is -0.0628. The summed E-state index contributed by atoms with van der Waals surface area (Å²) < 4.78 is 46.0. The topological polar surface area (TPSA) is 21.3 Å². The van der Waals surface area contributed by atoms with E-state index in [9.17, 15) is 13.2 Å². The van der Waals surface area contributed by atoms with E-state index in [0.29, 0.717) is 18.2 Å². The minimum atomic E-state index is -4.44. The Hall–Kier alpha value is -2.01. The molecule has 1 aliphatic carbocycles. The van der Waals surface area contributed by atoms with Crippen molar-refractivity contribution in [3.8, 4) is 5.75 Å². The van der Waals surface area contributed by atoms with Gasteiger partial charge < -0.3 is 10.1 Å². The minimum Gasteiger partial charge on any atom is -0.488 e. The number of ether oxygens (including phenoxy) is 1. The second-order valence-electron chi connectivity index (χ2n) is 6.78. The summed E-state index contributed by atoms with van der Waals surface area (Å²) in [6.45, 7) is 0.503. The molecule has 1 aliphatic rings. The van der Waals surface area contributed by atoms with Gasteiger partial charge in [-0.25, -0.2) is 0 Å². The molecular weight excluding hydrogens is 339 g/mol. The van der Waals surface area contributed by atoms with Crippen molar-refractivity contribution in [2.45, 2.75) is 57.5 Å². The number of para-hydroxylation sites is 1. The largest absolute Gasteiger partial charge is 0.488 e. The van der Waals surface area contributed by atoms with Crippen LogP contribution in [0, 0.1) is 0 Å². The molecule has 1 N–H and O–H groups in total. The molecular formula is C21H24F3NO. The predicted molar refractivity (Wildman–Crippen MR) is 95.9 cm³/mol. The summed E-state index contributed by atoms with van der Waals surface area (Å²) >= 11 is 0. The van der Waals surface area contributed by atoms with Crippen molar-refractivity contribution in [3.05, 3.63) is 65.2 Å². The molecule has 0 atom stereocenters. The molecule has 1 fully saturated rings. The van der Waals surface area contributed by atoms with Crippen molar-refractivity contribution in [1.82, 2.24) is 5.32 Å². The van der Waals surface area contributed by atoms with E-state index < -0.39 is 11.7 Å². The van der Waals surface area contributed by atoms with Gasteiger partial charge in [0.1, 0.15) is 12.4 Å². The first kappa shape index (κ1) is 18.8. The summed E-state index contributed by atoms with van der Waals surface area (Å²) in [5, 5.41) is 3.41. The molecule has 0 radical (unpaired) electrons. The van der Waals surface area contributed by atoms with E-state index >= 15 is 0 Å². The number of halogens is 3. The molecule has 0 spiro atoms. The van der Waals surface area contributed by atoms with Crippen LogP contribution in [0.4, 0.5) is 13.2 Å². The Kier molecular flexibility index (Phi) is 6.20. The molecule has 0 bridgehead atoms. The summed E-state index contributed by atoms with van der Waals surface area (Å²) in [7, 11) is 0. The fraction of sp³-hybridized carbons (Fsp3) is 0.429. The van der Waals surface area contributed by atoms with Gasteiger partial charge in [0, 0.05) is 18.2 Å². The zero-order chi connectivity index (χ0) is 18.4. The molecule has 0 aliphatic heterocycles. The first-order valence-electron chi connectivity index (χ1n) is 9.13. The molecule has 26 heavy (non-hydrogen) atoms. The number of hydrogen-bond acceptors (Lipinski definition) is 2. The van der Waals surface area contributed by atoms with Crippen molar-refractivity contribution in [2.75, 3.05) is 0 Å². The van der Waals surface area contributed by atoms with Gasteiger partial charge in [0.2, 0.25) is 0 Å². The Labute approximate surface area is 152 Å². The smallest absolute Gasteiger partial charge is 0.419 e. The average Bonchev–Trinajstić information content (AvgIpc) is 2.66. The molecule has 1 saturated carbocycles. The summed E-state index contributed by atoms with van der Waals surface area (Å²) in [6.07, 6.45) is 1.33. The number of benzene rings is 2. The second-order valence-corrected chi connectivity index (χ2v) is 6.78. The van der Waals surface area contributed by atoms with E-state index in [0.717, 1.165) is 24.5 Å². The third kappa shape index (κ3) is 5.01. The highest BCUT2D eigenvalue weighted by Gasteiger charge is 2.35. The van der Waals surface area contributed by atoms with Gasteiger partial charge in [-0.05, 0) is 24.5 Å². The van der Waals surface area contributed by atoms with E-state index in [4.69, 9.17) is 4.74 Å². The maximum absolute atomic E-state index is 13.4. The Balaban J connectivity index is 1.78. The molecule has 0 unspecified atom stereocenters. The van der Waals surface area contributed by atoms with Crippen molar-refractivity contribution in [2.24, 2.45) is 0 Å². The third-order valence-corrected chi connectivity index (χ3v) is 4.81. The first-order chi connectivity index (χ1) is 12.5. The van der Waals surface area contributed by atoms with Crippen LogP contribution in [0.15, 0.2) is 48.5 Å². The van der Waals surface area contributed by atoms with E-state index in [2.05, 4.69) is 5.32 Å². The van der Waals surface area contributed by atoms with Gasteiger partial charge >= 0.3 is 6.18 Å². The third-order valence-electron chi connectivity index (χ3n) is 4.81. The molecule has 0 saturated heterocycles. The molecule has 2 aromatic rings. The van der Waals surface area contributed by atoms with Gasteiger partial charge in [-0.1, -0.05) is 61.7 Å². The molecule has 140 valence electrons. The van der Waals surface area contributed by atoms with Crippen LogP contribution in [-0.2, 0) is 19.3 Å². The maximum atomic E-state index is 13.4. The molecule has 2 aromatic carbocycles. The summed E-state index contributed by atoms with van der Waals surface area (Å²) in [5.41, 5.74) is 0.688. The van der Waals surface area contributed by atoms with E-state index in [1.54, 1.807) is 6.07 Å². The number of hydrogen-bond donors (Lipinski definition) is 1. The zero-order valence-corrected chi connectivity index (χ0v) is 14.7.